The Bertz CT molecular complexity index is 1220. The molecule has 2 aromatic heterocycles. The molecule has 5 rings (SSSR count). The molecule has 0 saturated carbocycles. The molecule has 5 nitrogen and oxygen atoms in total. The lowest BCUT2D eigenvalue weighted by molar-refractivity contribution is -0.131. The normalized spacial score (nSPS) is 17.4. The van der Waals surface area contributed by atoms with E-state index in [0.29, 0.717) is 5.16 Å². The Morgan fingerprint density at radius 3 is 2.69 bits per heavy atom. The lowest BCUT2D eigenvalue weighted by atomic mass is 9.97. The molecule has 1 atom stereocenters. The minimum absolute atomic E-state index is 0.000112. The third kappa shape index (κ3) is 4.01. The number of carbonyl (C=O) groups is 1. The molecule has 3 heterocycles. The third-order valence-electron chi connectivity index (χ3n) is 6.52. The van der Waals surface area contributed by atoms with Gasteiger partial charge in [0.05, 0.1) is 16.3 Å². The number of rotatable bonds is 4. The number of nitrogens with zero attached hydrogens (tertiary/aromatic N) is 3. The van der Waals surface area contributed by atoms with Gasteiger partial charge in [-0.25, -0.2) is 4.98 Å². The van der Waals surface area contributed by atoms with Gasteiger partial charge >= 0.3 is 0 Å². The van der Waals surface area contributed by atoms with Gasteiger partial charge in [-0.3, -0.25) is 14.2 Å². The minimum atomic E-state index is -0.289. The van der Waals surface area contributed by atoms with E-state index in [1.807, 2.05) is 43.0 Å². The number of thiophene rings is 1. The zero-order valence-electron chi connectivity index (χ0n) is 18.7. The molecule has 0 spiro atoms. The van der Waals surface area contributed by atoms with Gasteiger partial charge in [0.2, 0.25) is 5.91 Å². The number of benzene rings is 1. The smallest absolute Gasteiger partial charge is 0.267 e. The number of hydrogen-bond acceptors (Lipinski definition) is 5. The quantitative estimate of drug-likeness (QED) is 0.394. The summed E-state index contributed by atoms with van der Waals surface area (Å²) in [6.07, 6.45) is 7.63. The molecule has 0 bridgehead atoms. The number of fused-ring (bicyclic) bond motifs is 3. The van der Waals surface area contributed by atoms with E-state index in [-0.39, 0.29) is 16.7 Å². The topological polar surface area (TPSA) is 55.2 Å². The van der Waals surface area contributed by atoms with Crippen molar-refractivity contribution in [2.45, 2.75) is 69.2 Å². The monoisotopic (exact) mass is 467 g/mol. The van der Waals surface area contributed by atoms with Gasteiger partial charge in [-0.05, 0) is 82.1 Å². The van der Waals surface area contributed by atoms with E-state index in [9.17, 15) is 9.59 Å². The van der Waals surface area contributed by atoms with E-state index >= 15 is 0 Å². The second-order valence-electron chi connectivity index (χ2n) is 8.91. The minimum Gasteiger partial charge on any atom is -0.342 e. The first-order valence-electron chi connectivity index (χ1n) is 11.6. The highest BCUT2D eigenvalue weighted by Gasteiger charge is 2.27. The SMILES string of the molecule is Cc1cccc(-n2c(S[C@H](C)C(=O)N3CCCCC3)nc3sc4c(c3c2=O)CCCC4)c1. The molecule has 1 fully saturated rings. The fraction of sp³-hybridized carbons (Fsp3) is 0.480. The van der Waals surface area contributed by atoms with E-state index in [1.165, 1.54) is 35.0 Å². The molecule has 7 heteroatoms. The molecular formula is C25H29N3O2S2. The number of aromatic nitrogens is 2. The van der Waals surface area contributed by atoms with Crippen LogP contribution >= 0.6 is 23.1 Å². The maximum Gasteiger partial charge on any atom is 0.267 e. The van der Waals surface area contributed by atoms with Crippen LogP contribution in [-0.2, 0) is 17.6 Å². The second-order valence-corrected chi connectivity index (χ2v) is 11.3. The molecule has 1 aliphatic heterocycles. The van der Waals surface area contributed by atoms with Gasteiger partial charge in [0.1, 0.15) is 4.83 Å². The molecule has 168 valence electrons. The van der Waals surface area contributed by atoms with Gasteiger partial charge in [-0.2, -0.15) is 0 Å². The summed E-state index contributed by atoms with van der Waals surface area (Å²) < 4.78 is 1.74. The maximum atomic E-state index is 13.9. The molecule has 2 aliphatic rings. The summed E-state index contributed by atoms with van der Waals surface area (Å²) in [5, 5.41) is 1.11. The predicted molar refractivity (Wildman–Crippen MR) is 132 cm³/mol. The third-order valence-corrected chi connectivity index (χ3v) is 8.74. The van der Waals surface area contributed by atoms with E-state index in [4.69, 9.17) is 4.98 Å². The number of aryl methyl sites for hydroxylation is 3. The molecule has 3 aromatic rings. The van der Waals surface area contributed by atoms with Crippen LogP contribution in [0.3, 0.4) is 0 Å². The molecule has 1 aliphatic carbocycles. The number of likely N-dealkylation sites (tertiary alicyclic amines) is 1. The van der Waals surface area contributed by atoms with E-state index in [2.05, 4.69) is 0 Å². The van der Waals surface area contributed by atoms with Gasteiger partial charge in [0.15, 0.2) is 5.16 Å². The maximum absolute atomic E-state index is 13.9. The molecule has 0 unspecified atom stereocenters. The van der Waals surface area contributed by atoms with Crippen molar-refractivity contribution >= 4 is 39.2 Å². The van der Waals surface area contributed by atoms with Crippen molar-refractivity contribution in [2.75, 3.05) is 13.1 Å². The summed E-state index contributed by atoms with van der Waals surface area (Å²) in [5.74, 6) is 0.144. The van der Waals surface area contributed by atoms with Gasteiger partial charge in [0.25, 0.3) is 5.56 Å². The van der Waals surface area contributed by atoms with Crippen LogP contribution in [0.25, 0.3) is 15.9 Å². The molecule has 0 N–H and O–H groups in total. The number of carbonyl (C=O) groups excluding carboxylic acids is 1. The fourth-order valence-corrected chi connectivity index (χ4v) is 7.15. The number of piperidine rings is 1. The lowest BCUT2D eigenvalue weighted by Gasteiger charge is -2.29. The second kappa shape index (κ2) is 9.02. The Morgan fingerprint density at radius 2 is 1.91 bits per heavy atom. The summed E-state index contributed by atoms with van der Waals surface area (Å²) in [6, 6.07) is 7.99. The zero-order valence-corrected chi connectivity index (χ0v) is 20.4. The zero-order chi connectivity index (χ0) is 22.2. The van der Waals surface area contributed by atoms with Crippen LogP contribution in [0.2, 0.25) is 0 Å². The van der Waals surface area contributed by atoms with Gasteiger partial charge < -0.3 is 4.90 Å². The van der Waals surface area contributed by atoms with Gasteiger partial charge in [-0.15, -0.1) is 11.3 Å². The Labute approximate surface area is 196 Å². The molecule has 1 aromatic carbocycles. The van der Waals surface area contributed by atoms with Crippen LogP contribution in [0.4, 0.5) is 0 Å². The number of hydrogen-bond donors (Lipinski definition) is 0. The highest BCUT2D eigenvalue weighted by molar-refractivity contribution is 8.00. The first kappa shape index (κ1) is 21.7. The van der Waals surface area contributed by atoms with E-state index in [0.717, 1.165) is 66.7 Å². The molecule has 1 amide bonds. The Morgan fingerprint density at radius 1 is 1.12 bits per heavy atom. The summed E-state index contributed by atoms with van der Waals surface area (Å²) in [7, 11) is 0. The highest BCUT2D eigenvalue weighted by atomic mass is 32.2. The average Bonchev–Trinajstić information content (AvgIpc) is 3.18. The van der Waals surface area contributed by atoms with Crippen molar-refractivity contribution < 1.29 is 4.79 Å². The number of thioether (sulfide) groups is 1. The van der Waals surface area contributed by atoms with Crippen molar-refractivity contribution in [3.8, 4) is 5.69 Å². The first-order chi connectivity index (χ1) is 15.5. The first-order valence-corrected chi connectivity index (χ1v) is 13.3. The standard InChI is InChI=1S/C25H29N3O2S2/c1-16-9-8-10-18(15-16)28-24(30)21-19-11-4-5-12-20(19)32-22(21)26-25(28)31-17(2)23(29)27-13-6-3-7-14-27/h8-10,15,17H,3-7,11-14H2,1-2H3/t17-/m1/s1. The Hall–Kier alpha value is -2.12. The number of amides is 1. The van der Waals surface area contributed by atoms with Crippen molar-refractivity contribution in [1.82, 2.24) is 14.5 Å². The summed E-state index contributed by atoms with van der Waals surface area (Å²) >= 11 is 3.08. The van der Waals surface area contributed by atoms with E-state index in [1.54, 1.807) is 15.9 Å². The van der Waals surface area contributed by atoms with E-state index < -0.39 is 0 Å². The van der Waals surface area contributed by atoms with Crippen LogP contribution in [-0.4, -0.2) is 38.7 Å². The molecular weight excluding hydrogens is 438 g/mol. The van der Waals surface area contributed by atoms with Crippen molar-refractivity contribution in [3.63, 3.8) is 0 Å². The summed E-state index contributed by atoms with van der Waals surface area (Å²) in [5.41, 5.74) is 3.11. The van der Waals surface area contributed by atoms with Crippen LogP contribution < -0.4 is 5.56 Å². The Balaban J connectivity index is 1.61. The lowest BCUT2D eigenvalue weighted by Crippen LogP contribution is -2.40. The average molecular weight is 468 g/mol. The van der Waals surface area contributed by atoms with Gasteiger partial charge in [-0.1, -0.05) is 23.9 Å². The van der Waals surface area contributed by atoms with Gasteiger partial charge in [0, 0.05) is 18.0 Å². The van der Waals surface area contributed by atoms with Crippen LogP contribution in [0, 0.1) is 6.92 Å². The van der Waals surface area contributed by atoms with Crippen molar-refractivity contribution in [2.24, 2.45) is 0 Å². The van der Waals surface area contributed by atoms with Crippen LogP contribution in [0.15, 0.2) is 34.2 Å². The molecule has 1 saturated heterocycles. The summed E-state index contributed by atoms with van der Waals surface area (Å²) in [4.78, 5) is 36.1. The van der Waals surface area contributed by atoms with Crippen LogP contribution in [0.1, 0.15) is 55.0 Å². The molecule has 0 radical (unpaired) electrons. The Kier molecular flexibility index (Phi) is 6.12. The largest absolute Gasteiger partial charge is 0.342 e. The highest BCUT2D eigenvalue weighted by Crippen LogP contribution is 2.36. The summed E-state index contributed by atoms with van der Waals surface area (Å²) in [6.45, 7) is 5.64. The predicted octanol–water partition coefficient (Wildman–Crippen LogP) is 5.13. The fourth-order valence-electron chi connectivity index (χ4n) is 4.84. The van der Waals surface area contributed by atoms with Crippen LogP contribution in [0.5, 0.6) is 0 Å². The molecule has 32 heavy (non-hydrogen) atoms. The van der Waals surface area contributed by atoms with Crippen molar-refractivity contribution in [3.05, 3.63) is 50.6 Å². The van der Waals surface area contributed by atoms with Crippen molar-refractivity contribution in [1.29, 1.82) is 0 Å².